The van der Waals surface area contributed by atoms with E-state index in [9.17, 15) is 9.90 Å². The van der Waals surface area contributed by atoms with Crippen LogP contribution in [0.25, 0.3) is 10.2 Å². The van der Waals surface area contributed by atoms with Gasteiger partial charge in [0.15, 0.2) is 5.78 Å². The maximum absolute atomic E-state index is 13.0. The van der Waals surface area contributed by atoms with E-state index in [1.165, 1.54) is 5.01 Å². The predicted octanol–water partition coefficient (Wildman–Crippen LogP) is 4.04. The lowest BCUT2D eigenvalue weighted by atomic mass is 9.92. The van der Waals surface area contributed by atoms with Crippen LogP contribution in [0.3, 0.4) is 0 Å². The molecule has 0 radical (unpaired) electrons. The van der Waals surface area contributed by atoms with Crippen molar-refractivity contribution in [1.29, 1.82) is 0 Å². The first-order valence-corrected chi connectivity index (χ1v) is 10.9. The molecule has 144 valence electrons. The number of fused-ring (bicyclic) bond motifs is 2. The molecule has 1 aliphatic carbocycles. The summed E-state index contributed by atoms with van der Waals surface area (Å²) in [4.78, 5) is 17.8. The van der Waals surface area contributed by atoms with Crippen LogP contribution in [0.1, 0.15) is 57.6 Å². The lowest BCUT2D eigenvalue weighted by molar-refractivity contribution is 0.0921. The highest BCUT2D eigenvalue weighted by atomic mass is 32.1. The number of Topliss-reactive ketones (excluding diaryl/α,β-unsaturated/α-hetero) is 1. The molecule has 2 aromatic carbocycles. The molecule has 5 heteroatoms. The standard InChI is InChI=1S/C23H24N2O2S/c26-20(13-18-17-4-2-1-3-15(17)11-21(18)27)16-5-6-19-22(12-16)28-23(25-19)14-7-9-24-10-8-14/h1-6,12,14,18,21,24,27H,7-11,13H2/t18-,21+/m1/s1. The van der Waals surface area contributed by atoms with Crippen LogP contribution in [0.4, 0.5) is 0 Å². The maximum atomic E-state index is 13.0. The van der Waals surface area contributed by atoms with Crippen molar-refractivity contribution in [3.05, 3.63) is 64.2 Å². The molecule has 2 N–H and O–H groups in total. The smallest absolute Gasteiger partial charge is 0.163 e. The van der Waals surface area contributed by atoms with Gasteiger partial charge in [-0.2, -0.15) is 0 Å². The molecule has 4 nitrogen and oxygen atoms in total. The number of ketones is 1. The second-order valence-corrected chi connectivity index (χ2v) is 9.03. The monoisotopic (exact) mass is 392 g/mol. The minimum atomic E-state index is -0.472. The first-order valence-electron chi connectivity index (χ1n) is 10.1. The van der Waals surface area contributed by atoms with Crippen LogP contribution >= 0.6 is 11.3 Å². The van der Waals surface area contributed by atoms with Crippen molar-refractivity contribution >= 4 is 27.3 Å². The molecule has 1 aromatic heterocycles. The lowest BCUT2D eigenvalue weighted by Gasteiger charge is -2.20. The van der Waals surface area contributed by atoms with Gasteiger partial charge in [-0.3, -0.25) is 4.79 Å². The normalized spacial score (nSPS) is 22.5. The van der Waals surface area contributed by atoms with Crippen molar-refractivity contribution in [2.75, 3.05) is 13.1 Å². The second-order valence-electron chi connectivity index (χ2n) is 7.96. The Balaban J connectivity index is 1.37. The Morgan fingerprint density at radius 2 is 2.00 bits per heavy atom. The average molecular weight is 393 g/mol. The highest BCUT2D eigenvalue weighted by Gasteiger charge is 2.32. The molecule has 0 saturated carbocycles. The molecule has 3 aromatic rings. The molecule has 2 heterocycles. The number of nitrogens with one attached hydrogen (secondary N) is 1. The van der Waals surface area contributed by atoms with Gasteiger partial charge in [0.25, 0.3) is 0 Å². The van der Waals surface area contributed by atoms with Crippen LogP contribution in [-0.2, 0) is 6.42 Å². The molecular formula is C23H24N2O2S. The third-order valence-electron chi connectivity index (χ3n) is 6.17. The van der Waals surface area contributed by atoms with E-state index >= 15 is 0 Å². The van der Waals surface area contributed by atoms with Crippen LogP contribution in [0, 0.1) is 0 Å². The van der Waals surface area contributed by atoms with Gasteiger partial charge in [0.1, 0.15) is 0 Å². The van der Waals surface area contributed by atoms with Gasteiger partial charge < -0.3 is 10.4 Å². The number of carbonyl (C=O) groups excluding carboxylic acids is 1. The quantitative estimate of drug-likeness (QED) is 0.658. The zero-order valence-corrected chi connectivity index (χ0v) is 16.5. The molecule has 0 bridgehead atoms. The van der Waals surface area contributed by atoms with Crippen molar-refractivity contribution in [2.24, 2.45) is 0 Å². The van der Waals surface area contributed by atoms with Gasteiger partial charge in [0, 0.05) is 23.8 Å². The maximum Gasteiger partial charge on any atom is 0.163 e. The molecule has 2 aliphatic rings. The zero-order chi connectivity index (χ0) is 19.1. The van der Waals surface area contributed by atoms with Crippen LogP contribution in [0.15, 0.2) is 42.5 Å². The van der Waals surface area contributed by atoms with E-state index in [0.717, 1.165) is 52.8 Å². The topological polar surface area (TPSA) is 62.2 Å². The van der Waals surface area contributed by atoms with E-state index in [1.54, 1.807) is 11.3 Å². The first kappa shape index (κ1) is 18.0. The summed E-state index contributed by atoms with van der Waals surface area (Å²) < 4.78 is 1.09. The van der Waals surface area contributed by atoms with Gasteiger partial charge in [0.05, 0.1) is 21.3 Å². The van der Waals surface area contributed by atoms with Crippen molar-refractivity contribution in [1.82, 2.24) is 10.3 Å². The summed E-state index contributed by atoms with van der Waals surface area (Å²) >= 11 is 1.73. The third kappa shape index (κ3) is 3.28. The van der Waals surface area contributed by atoms with Crippen molar-refractivity contribution < 1.29 is 9.90 Å². The fourth-order valence-corrected chi connectivity index (χ4v) is 5.76. The van der Waals surface area contributed by atoms with Gasteiger partial charge in [-0.05, 0) is 61.7 Å². The van der Waals surface area contributed by atoms with Crippen molar-refractivity contribution in [3.8, 4) is 0 Å². The number of carbonyl (C=O) groups is 1. The first-order chi connectivity index (χ1) is 13.7. The molecule has 1 aliphatic heterocycles. The van der Waals surface area contributed by atoms with E-state index < -0.39 is 6.10 Å². The van der Waals surface area contributed by atoms with E-state index in [0.29, 0.717) is 18.8 Å². The number of nitrogens with zero attached hydrogens (tertiary/aromatic N) is 1. The number of aliphatic hydroxyl groups is 1. The fraction of sp³-hybridized carbons (Fsp3) is 0.391. The Kier molecular flexibility index (Phi) is 4.75. The Labute approximate surface area is 168 Å². The fourth-order valence-electron chi connectivity index (χ4n) is 4.58. The van der Waals surface area contributed by atoms with Gasteiger partial charge in [-0.15, -0.1) is 11.3 Å². The number of benzene rings is 2. The van der Waals surface area contributed by atoms with Crippen LogP contribution in [0.5, 0.6) is 0 Å². The summed E-state index contributed by atoms with van der Waals surface area (Å²) in [6, 6.07) is 13.9. The number of thiazole rings is 1. The third-order valence-corrected chi connectivity index (χ3v) is 7.35. The Hall–Kier alpha value is -2.08. The summed E-state index contributed by atoms with van der Waals surface area (Å²) in [6.45, 7) is 2.10. The SMILES string of the molecule is O=C(C[C@@H]1c2ccccc2C[C@@H]1O)c1ccc2nc(C3CCNCC3)sc2c1. The molecule has 0 amide bonds. The van der Waals surface area contributed by atoms with E-state index in [-0.39, 0.29) is 11.7 Å². The number of hydrogen-bond acceptors (Lipinski definition) is 5. The molecule has 2 atom stereocenters. The molecule has 0 spiro atoms. The van der Waals surface area contributed by atoms with E-state index in [1.807, 2.05) is 36.4 Å². The van der Waals surface area contributed by atoms with Crippen LogP contribution in [0.2, 0.25) is 0 Å². The van der Waals surface area contributed by atoms with Crippen molar-refractivity contribution in [3.63, 3.8) is 0 Å². The second kappa shape index (κ2) is 7.39. The molecular weight excluding hydrogens is 368 g/mol. The van der Waals surface area contributed by atoms with Crippen LogP contribution < -0.4 is 5.32 Å². The Bertz CT molecular complexity index is 1020. The largest absolute Gasteiger partial charge is 0.392 e. The van der Waals surface area contributed by atoms with E-state index in [2.05, 4.69) is 11.4 Å². The lowest BCUT2D eigenvalue weighted by Crippen LogP contribution is -2.26. The van der Waals surface area contributed by atoms with Gasteiger partial charge in [-0.25, -0.2) is 4.98 Å². The molecule has 1 saturated heterocycles. The molecule has 0 unspecified atom stereocenters. The highest BCUT2D eigenvalue weighted by Crippen LogP contribution is 2.37. The Morgan fingerprint density at radius 1 is 1.18 bits per heavy atom. The number of piperidine rings is 1. The molecule has 28 heavy (non-hydrogen) atoms. The van der Waals surface area contributed by atoms with Gasteiger partial charge >= 0.3 is 0 Å². The minimum Gasteiger partial charge on any atom is -0.392 e. The van der Waals surface area contributed by atoms with Gasteiger partial charge in [-0.1, -0.05) is 24.3 Å². The zero-order valence-electron chi connectivity index (χ0n) is 15.7. The molecule has 1 fully saturated rings. The number of hydrogen-bond donors (Lipinski definition) is 2. The molecule has 5 rings (SSSR count). The minimum absolute atomic E-state index is 0.0967. The average Bonchev–Trinajstić information content (AvgIpc) is 3.29. The summed E-state index contributed by atoms with van der Waals surface area (Å²) in [7, 11) is 0. The van der Waals surface area contributed by atoms with Crippen molar-refractivity contribution in [2.45, 2.75) is 43.6 Å². The van der Waals surface area contributed by atoms with E-state index in [4.69, 9.17) is 4.98 Å². The summed E-state index contributed by atoms with van der Waals surface area (Å²) in [6.07, 6.45) is 2.78. The Morgan fingerprint density at radius 3 is 2.86 bits per heavy atom. The number of rotatable bonds is 4. The summed E-state index contributed by atoms with van der Waals surface area (Å²) in [5.41, 5.74) is 4.00. The predicted molar refractivity (Wildman–Crippen MR) is 112 cm³/mol. The highest BCUT2D eigenvalue weighted by molar-refractivity contribution is 7.18. The summed E-state index contributed by atoms with van der Waals surface area (Å²) in [5.74, 6) is 0.522. The van der Waals surface area contributed by atoms with Crippen LogP contribution in [-0.4, -0.2) is 35.1 Å². The number of aliphatic hydroxyl groups excluding tert-OH is 1. The summed E-state index contributed by atoms with van der Waals surface area (Å²) in [5, 5.41) is 15.1. The van der Waals surface area contributed by atoms with Gasteiger partial charge in [0.2, 0.25) is 0 Å². The number of aromatic nitrogens is 1.